The minimum atomic E-state index is 0.454. The predicted octanol–water partition coefficient (Wildman–Crippen LogP) is 3.21. The number of methoxy groups -OCH3 is 1. The van der Waals surface area contributed by atoms with Gasteiger partial charge in [0.15, 0.2) is 11.5 Å². The molecule has 1 aliphatic rings. The van der Waals surface area contributed by atoms with Crippen molar-refractivity contribution in [1.29, 1.82) is 0 Å². The number of halogens is 1. The molecule has 0 radical (unpaired) electrons. The molecule has 1 aromatic rings. The zero-order valence-corrected chi connectivity index (χ0v) is 11.7. The van der Waals surface area contributed by atoms with Crippen molar-refractivity contribution >= 4 is 11.6 Å². The molecule has 0 saturated carbocycles. The molecule has 0 aromatic heterocycles. The van der Waals surface area contributed by atoms with Gasteiger partial charge in [-0.3, -0.25) is 0 Å². The first-order valence-electron chi connectivity index (χ1n) is 6.47. The third-order valence-corrected chi connectivity index (χ3v) is 3.69. The van der Waals surface area contributed by atoms with Gasteiger partial charge in [0.05, 0.1) is 13.7 Å². The number of hydrogen-bond acceptors (Lipinski definition) is 3. The molecule has 0 atom stereocenters. The molecule has 1 aromatic carbocycles. The van der Waals surface area contributed by atoms with Gasteiger partial charge in [0, 0.05) is 10.6 Å². The monoisotopic (exact) mass is 269 g/mol. The summed E-state index contributed by atoms with van der Waals surface area (Å²) in [4.78, 5) is 0. The summed E-state index contributed by atoms with van der Waals surface area (Å²) in [6.07, 6.45) is 2.18. The Hall–Kier alpha value is -0.930. The van der Waals surface area contributed by atoms with E-state index in [1.54, 1.807) is 7.11 Å². The van der Waals surface area contributed by atoms with Crippen molar-refractivity contribution in [3.05, 3.63) is 22.7 Å². The molecule has 1 heterocycles. The molecule has 0 unspecified atom stereocenters. The van der Waals surface area contributed by atoms with Gasteiger partial charge in [0.1, 0.15) is 0 Å². The summed E-state index contributed by atoms with van der Waals surface area (Å²) in [6, 6.07) is 3.78. The normalized spacial score (nSPS) is 16.6. The molecule has 100 valence electrons. The van der Waals surface area contributed by atoms with E-state index in [0.29, 0.717) is 12.5 Å². The predicted molar refractivity (Wildman–Crippen MR) is 74.0 cm³/mol. The lowest BCUT2D eigenvalue weighted by molar-refractivity contribution is 0.302. The molecule has 0 amide bonds. The van der Waals surface area contributed by atoms with Crippen LogP contribution in [0.25, 0.3) is 0 Å². The Labute approximate surface area is 113 Å². The van der Waals surface area contributed by atoms with Crippen molar-refractivity contribution in [2.24, 2.45) is 0 Å². The van der Waals surface area contributed by atoms with Crippen molar-refractivity contribution in [3.8, 4) is 11.5 Å². The zero-order valence-electron chi connectivity index (χ0n) is 11.0. The molecule has 0 spiro atoms. The maximum Gasteiger partial charge on any atom is 0.166 e. The van der Waals surface area contributed by atoms with Crippen LogP contribution in [0.2, 0.25) is 5.02 Å². The largest absolute Gasteiger partial charge is 0.493 e. The maximum atomic E-state index is 6.37. The van der Waals surface area contributed by atoms with E-state index < -0.39 is 0 Å². The fraction of sp³-hybridized carbons (Fsp3) is 0.571. The number of ether oxygens (including phenoxy) is 2. The van der Waals surface area contributed by atoms with Gasteiger partial charge >= 0.3 is 0 Å². The second-order valence-corrected chi connectivity index (χ2v) is 4.86. The summed E-state index contributed by atoms with van der Waals surface area (Å²) in [5, 5.41) is 4.15. The number of nitrogens with one attached hydrogen (secondary N) is 1. The third-order valence-electron chi connectivity index (χ3n) is 3.36. The van der Waals surface area contributed by atoms with Crippen molar-refractivity contribution in [2.75, 3.05) is 26.8 Å². The van der Waals surface area contributed by atoms with E-state index in [1.165, 1.54) is 0 Å². The Morgan fingerprint density at radius 3 is 2.67 bits per heavy atom. The van der Waals surface area contributed by atoms with Crippen LogP contribution in [0.1, 0.15) is 31.2 Å². The highest BCUT2D eigenvalue weighted by molar-refractivity contribution is 6.31. The van der Waals surface area contributed by atoms with Gasteiger partial charge in [-0.2, -0.15) is 0 Å². The van der Waals surface area contributed by atoms with Crippen LogP contribution < -0.4 is 14.8 Å². The number of piperidine rings is 1. The van der Waals surface area contributed by atoms with Crippen LogP contribution in [0.15, 0.2) is 12.1 Å². The number of hydrogen-bond donors (Lipinski definition) is 1. The number of benzene rings is 1. The smallest absolute Gasteiger partial charge is 0.166 e. The Morgan fingerprint density at radius 1 is 1.33 bits per heavy atom. The van der Waals surface area contributed by atoms with Crippen LogP contribution in [0.5, 0.6) is 11.5 Å². The SMILES string of the molecule is CCOc1c(OC)ccc(Cl)c1C1CCNCC1. The second kappa shape index (κ2) is 6.30. The van der Waals surface area contributed by atoms with Crippen molar-refractivity contribution in [2.45, 2.75) is 25.7 Å². The molecule has 4 heteroatoms. The maximum absolute atomic E-state index is 6.37. The van der Waals surface area contributed by atoms with Gasteiger partial charge in [-0.05, 0) is 50.9 Å². The zero-order chi connectivity index (χ0) is 13.0. The van der Waals surface area contributed by atoms with Gasteiger partial charge in [-0.25, -0.2) is 0 Å². The Kier molecular flexibility index (Phi) is 4.72. The van der Waals surface area contributed by atoms with Gasteiger partial charge < -0.3 is 14.8 Å². The van der Waals surface area contributed by atoms with Crippen LogP contribution in [0, 0.1) is 0 Å². The third kappa shape index (κ3) is 2.73. The topological polar surface area (TPSA) is 30.5 Å². The molecule has 1 N–H and O–H groups in total. The lowest BCUT2D eigenvalue weighted by atomic mass is 9.89. The summed E-state index contributed by atoms with van der Waals surface area (Å²) in [7, 11) is 1.66. The van der Waals surface area contributed by atoms with E-state index in [-0.39, 0.29) is 0 Å². The Balaban J connectivity index is 2.41. The molecule has 1 aliphatic heterocycles. The van der Waals surface area contributed by atoms with Crippen LogP contribution >= 0.6 is 11.6 Å². The van der Waals surface area contributed by atoms with Crippen molar-refractivity contribution < 1.29 is 9.47 Å². The first-order chi connectivity index (χ1) is 8.77. The molecule has 2 rings (SSSR count). The van der Waals surface area contributed by atoms with Crippen LogP contribution in [-0.2, 0) is 0 Å². The standard InChI is InChI=1S/C14H20ClNO2/c1-3-18-14-12(17-2)5-4-11(15)13(14)10-6-8-16-9-7-10/h4-5,10,16H,3,6-9H2,1-2H3. The van der Waals surface area contributed by atoms with Crippen LogP contribution in [-0.4, -0.2) is 26.8 Å². The van der Waals surface area contributed by atoms with Gasteiger partial charge in [-0.1, -0.05) is 11.6 Å². The summed E-state index contributed by atoms with van der Waals surface area (Å²) in [6.45, 7) is 4.66. The highest BCUT2D eigenvalue weighted by atomic mass is 35.5. The van der Waals surface area contributed by atoms with Crippen molar-refractivity contribution in [3.63, 3.8) is 0 Å². The number of rotatable bonds is 4. The Bertz CT molecular complexity index is 403. The highest BCUT2D eigenvalue weighted by Crippen LogP contribution is 2.43. The van der Waals surface area contributed by atoms with Gasteiger partial charge in [0.25, 0.3) is 0 Å². The first-order valence-corrected chi connectivity index (χ1v) is 6.85. The van der Waals surface area contributed by atoms with Crippen LogP contribution in [0.3, 0.4) is 0 Å². The van der Waals surface area contributed by atoms with E-state index in [0.717, 1.165) is 48.0 Å². The molecular formula is C14H20ClNO2. The summed E-state index contributed by atoms with van der Waals surface area (Å²) in [5.74, 6) is 2.05. The Morgan fingerprint density at radius 2 is 2.06 bits per heavy atom. The minimum Gasteiger partial charge on any atom is -0.493 e. The van der Waals surface area contributed by atoms with E-state index in [1.807, 2.05) is 19.1 Å². The average molecular weight is 270 g/mol. The van der Waals surface area contributed by atoms with Gasteiger partial charge in [-0.15, -0.1) is 0 Å². The summed E-state index contributed by atoms with van der Waals surface area (Å²) >= 11 is 6.37. The van der Waals surface area contributed by atoms with E-state index in [4.69, 9.17) is 21.1 Å². The van der Waals surface area contributed by atoms with Gasteiger partial charge in [0.2, 0.25) is 0 Å². The van der Waals surface area contributed by atoms with Crippen LogP contribution in [0.4, 0.5) is 0 Å². The first kappa shape index (κ1) is 13.5. The fourth-order valence-electron chi connectivity index (χ4n) is 2.50. The summed E-state index contributed by atoms with van der Waals surface area (Å²) < 4.78 is 11.1. The van der Waals surface area contributed by atoms with Crippen molar-refractivity contribution in [1.82, 2.24) is 5.32 Å². The second-order valence-electron chi connectivity index (χ2n) is 4.45. The van der Waals surface area contributed by atoms with E-state index in [2.05, 4.69) is 5.32 Å². The molecule has 1 fully saturated rings. The minimum absolute atomic E-state index is 0.454. The highest BCUT2D eigenvalue weighted by Gasteiger charge is 2.24. The molecule has 18 heavy (non-hydrogen) atoms. The van der Waals surface area contributed by atoms with E-state index >= 15 is 0 Å². The molecular weight excluding hydrogens is 250 g/mol. The lowest BCUT2D eigenvalue weighted by Crippen LogP contribution is -2.27. The molecule has 0 aliphatic carbocycles. The lowest BCUT2D eigenvalue weighted by Gasteiger charge is -2.26. The summed E-state index contributed by atoms with van der Waals surface area (Å²) in [5.41, 5.74) is 1.11. The molecule has 0 bridgehead atoms. The van der Waals surface area contributed by atoms with E-state index in [9.17, 15) is 0 Å². The quantitative estimate of drug-likeness (QED) is 0.910. The molecule has 3 nitrogen and oxygen atoms in total. The fourth-order valence-corrected chi connectivity index (χ4v) is 2.80. The average Bonchev–Trinajstić information content (AvgIpc) is 2.40. The molecule has 1 saturated heterocycles.